The van der Waals surface area contributed by atoms with Crippen molar-refractivity contribution in [3.05, 3.63) is 0 Å². The standard InChI is InChI=1S/C11H24N4O2/c1-6-15(7-10(16)14(4)5)9(3)8(2)11(17)13-12/h8-9H,6-7,12H2,1-5H3,(H,13,17). The molecule has 0 aromatic rings. The Morgan fingerprint density at radius 1 is 1.29 bits per heavy atom. The van der Waals surface area contributed by atoms with Gasteiger partial charge < -0.3 is 4.90 Å². The normalized spacial score (nSPS) is 14.3. The van der Waals surface area contributed by atoms with E-state index in [0.717, 1.165) is 0 Å². The molecule has 0 rings (SSSR count). The minimum atomic E-state index is -0.255. The number of likely N-dealkylation sites (N-methyl/N-ethyl adjacent to an activating group) is 2. The lowest BCUT2D eigenvalue weighted by atomic mass is 10.0. The predicted octanol–water partition coefficient (Wildman–Crippen LogP) is -0.589. The largest absolute Gasteiger partial charge is 0.348 e. The molecule has 0 bridgehead atoms. The molecule has 0 aliphatic heterocycles. The van der Waals surface area contributed by atoms with Gasteiger partial charge in [0, 0.05) is 20.1 Å². The van der Waals surface area contributed by atoms with Crippen LogP contribution in [0.15, 0.2) is 0 Å². The molecule has 0 aromatic heterocycles. The molecule has 6 nitrogen and oxygen atoms in total. The highest BCUT2D eigenvalue weighted by molar-refractivity contribution is 5.79. The maximum atomic E-state index is 11.6. The zero-order valence-electron chi connectivity index (χ0n) is 11.4. The van der Waals surface area contributed by atoms with Crippen molar-refractivity contribution in [2.75, 3.05) is 27.2 Å². The summed E-state index contributed by atoms with van der Waals surface area (Å²) < 4.78 is 0. The third kappa shape index (κ3) is 4.70. The molecule has 2 amide bonds. The molecular formula is C11H24N4O2. The first kappa shape index (κ1) is 15.9. The summed E-state index contributed by atoms with van der Waals surface area (Å²) in [7, 11) is 3.44. The van der Waals surface area contributed by atoms with Crippen molar-refractivity contribution in [3.63, 3.8) is 0 Å². The third-order valence-corrected chi connectivity index (χ3v) is 3.10. The molecule has 0 aliphatic carbocycles. The minimum absolute atomic E-state index is 0.0269. The van der Waals surface area contributed by atoms with Gasteiger partial charge in [0.25, 0.3) is 0 Å². The van der Waals surface area contributed by atoms with E-state index in [1.807, 2.05) is 18.7 Å². The average Bonchev–Trinajstić information content (AvgIpc) is 2.32. The summed E-state index contributed by atoms with van der Waals surface area (Å²) in [6.07, 6.45) is 0. The quantitative estimate of drug-likeness (QED) is 0.372. The lowest BCUT2D eigenvalue weighted by Crippen LogP contribution is -2.48. The molecule has 0 spiro atoms. The summed E-state index contributed by atoms with van der Waals surface area (Å²) in [5, 5.41) is 0. The minimum Gasteiger partial charge on any atom is -0.348 e. The van der Waals surface area contributed by atoms with E-state index in [0.29, 0.717) is 13.1 Å². The molecule has 0 saturated heterocycles. The van der Waals surface area contributed by atoms with E-state index in [1.54, 1.807) is 25.9 Å². The Labute approximate surface area is 103 Å². The monoisotopic (exact) mass is 244 g/mol. The molecule has 0 aliphatic rings. The fourth-order valence-corrected chi connectivity index (χ4v) is 1.53. The van der Waals surface area contributed by atoms with Crippen molar-refractivity contribution in [2.24, 2.45) is 11.8 Å². The second-order valence-electron chi connectivity index (χ2n) is 4.39. The summed E-state index contributed by atoms with van der Waals surface area (Å²) >= 11 is 0. The number of hydrogen-bond acceptors (Lipinski definition) is 4. The number of nitrogens with one attached hydrogen (secondary N) is 1. The van der Waals surface area contributed by atoms with E-state index >= 15 is 0 Å². The van der Waals surface area contributed by atoms with E-state index in [1.165, 1.54) is 0 Å². The Bertz CT molecular complexity index is 268. The van der Waals surface area contributed by atoms with Gasteiger partial charge in [-0.2, -0.15) is 0 Å². The molecule has 0 heterocycles. The van der Waals surface area contributed by atoms with Crippen molar-refractivity contribution in [2.45, 2.75) is 26.8 Å². The van der Waals surface area contributed by atoms with E-state index in [2.05, 4.69) is 5.43 Å². The first-order valence-corrected chi connectivity index (χ1v) is 5.79. The smallest absolute Gasteiger partial charge is 0.238 e. The Morgan fingerprint density at radius 3 is 2.18 bits per heavy atom. The van der Waals surface area contributed by atoms with Crippen LogP contribution in [0.2, 0.25) is 0 Å². The van der Waals surface area contributed by atoms with Crippen molar-refractivity contribution in [1.82, 2.24) is 15.2 Å². The van der Waals surface area contributed by atoms with Gasteiger partial charge in [-0.3, -0.25) is 19.9 Å². The molecule has 0 radical (unpaired) electrons. The van der Waals surface area contributed by atoms with Crippen LogP contribution in [0.3, 0.4) is 0 Å². The molecule has 6 heteroatoms. The zero-order chi connectivity index (χ0) is 13.6. The maximum Gasteiger partial charge on any atom is 0.238 e. The van der Waals surface area contributed by atoms with Gasteiger partial charge in [0.15, 0.2) is 0 Å². The number of rotatable bonds is 6. The van der Waals surface area contributed by atoms with E-state index in [9.17, 15) is 9.59 Å². The van der Waals surface area contributed by atoms with E-state index < -0.39 is 0 Å². The highest BCUT2D eigenvalue weighted by Gasteiger charge is 2.25. The van der Waals surface area contributed by atoms with Crippen molar-refractivity contribution in [1.29, 1.82) is 0 Å². The molecule has 3 N–H and O–H groups in total. The number of amides is 2. The molecular weight excluding hydrogens is 220 g/mol. The molecule has 0 fully saturated rings. The van der Waals surface area contributed by atoms with Crippen LogP contribution in [-0.2, 0) is 9.59 Å². The SMILES string of the molecule is CCN(CC(=O)N(C)C)C(C)C(C)C(=O)NN. The highest BCUT2D eigenvalue weighted by Crippen LogP contribution is 2.10. The Hall–Kier alpha value is -1.14. The van der Waals surface area contributed by atoms with Crippen molar-refractivity contribution in [3.8, 4) is 0 Å². The van der Waals surface area contributed by atoms with Crippen LogP contribution < -0.4 is 11.3 Å². The number of hydrazine groups is 1. The van der Waals surface area contributed by atoms with Crippen LogP contribution >= 0.6 is 0 Å². The van der Waals surface area contributed by atoms with Crippen LogP contribution in [0.4, 0.5) is 0 Å². The van der Waals surface area contributed by atoms with Gasteiger partial charge in [0.2, 0.25) is 11.8 Å². The number of nitrogens with zero attached hydrogens (tertiary/aromatic N) is 2. The summed E-state index contributed by atoms with van der Waals surface area (Å²) in [6.45, 7) is 6.71. The van der Waals surface area contributed by atoms with Gasteiger partial charge in [-0.05, 0) is 13.5 Å². The fourth-order valence-electron chi connectivity index (χ4n) is 1.53. The Kier molecular flexibility index (Phi) is 6.75. The van der Waals surface area contributed by atoms with Crippen LogP contribution in [0.25, 0.3) is 0 Å². The topological polar surface area (TPSA) is 78.7 Å². The predicted molar refractivity (Wildman–Crippen MR) is 66.9 cm³/mol. The first-order valence-electron chi connectivity index (χ1n) is 5.79. The zero-order valence-corrected chi connectivity index (χ0v) is 11.4. The number of carbonyl (C=O) groups excluding carboxylic acids is 2. The molecule has 0 aromatic carbocycles. The van der Waals surface area contributed by atoms with Crippen molar-refractivity contribution < 1.29 is 9.59 Å². The number of nitrogens with two attached hydrogens (primary N) is 1. The van der Waals surface area contributed by atoms with Gasteiger partial charge >= 0.3 is 0 Å². The van der Waals surface area contributed by atoms with Gasteiger partial charge in [0.05, 0.1) is 12.5 Å². The number of hydrogen-bond donors (Lipinski definition) is 2. The molecule has 0 saturated carbocycles. The molecule has 2 unspecified atom stereocenters. The highest BCUT2D eigenvalue weighted by atomic mass is 16.2. The lowest BCUT2D eigenvalue weighted by molar-refractivity contribution is -0.132. The van der Waals surface area contributed by atoms with Gasteiger partial charge in [-0.25, -0.2) is 5.84 Å². The molecule has 100 valence electrons. The fraction of sp³-hybridized carbons (Fsp3) is 0.818. The summed E-state index contributed by atoms with van der Waals surface area (Å²) in [6, 6.07) is -0.0348. The lowest BCUT2D eigenvalue weighted by Gasteiger charge is -2.31. The second-order valence-corrected chi connectivity index (χ2v) is 4.39. The molecule has 17 heavy (non-hydrogen) atoms. The summed E-state index contributed by atoms with van der Waals surface area (Å²) in [5.41, 5.74) is 2.14. The Balaban J connectivity index is 4.55. The third-order valence-electron chi connectivity index (χ3n) is 3.10. The molecule has 2 atom stereocenters. The van der Waals surface area contributed by atoms with Gasteiger partial charge in [-0.15, -0.1) is 0 Å². The van der Waals surface area contributed by atoms with Crippen LogP contribution in [0, 0.1) is 5.92 Å². The van der Waals surface area contributed by atoms with Crippen LogP contribution in [0.5, 0.6) is 0 Å². The maximum absolute atomic E-state index is 11.6. The van der Waals surface area contributed by atoms with E-state index in [-0.39, 0.29) is 23.8 Å². The summed E-state index contributed by atoms with van der Waals surface area (Å²) in [5.74, 6) is 4.67. The second kappa shape index (κ2) is 7.24. The van der Waals surface area contributed by atoms with Crippen LogP contribution in [-0.4, -0.2) is 54.8 Å². The number of carbonyl (C=O) groups is 2. The Morgan fingerprint density at radius 2 is 1.82 bits per heavy atom. The van der Waals surface area contributed by atoms with Crippen molar-refractivity contribution >= 4 is 11.8 Å². The van der Waals surface area contributed by atoms with Crippen LogP contribution in [0.1, 0.15) is 20.8 Å². The van der Waals surface area contributed by atoms with Gasteiger partial charge in [0.1, 0.15) is 0 Å². The first-order chi connectivity index (χ1) is 7.84. The van der Waals surface area contributed by atoms with Gasteiger partial charge in [-0.1, -0.05) is 13.8 Å². The van der Waals surface area contributed by atoms with E-state index in [4.69, 9.17) is 5.84 Å². The summed E-state index contributed by atoms with van der Waals surface area (Å²) in [4.78, 5) is 26.6. The average molecular weight is 244 g/mol.